The van der Waals surface area contributed by atoms with Crippen molar-refractivity contribution in [2.75, 3.05) is 19.0 Å². The minimum absolute atomic E-state index is 0.824. The molecule has 1 aromatic carbocycles. The van der Waals surface area contributed by atoms with E-state index < -0.39 is 0 Å². The van der Waals surface area contributed by atoms with Crippen molar-refractivity contribution in [2.24, 2.45) is 0 Å². The summed E-state index contributed by atoms with van der Waals surface area (Å²) in [5.74, 6) is 0. The van der Waals surface area contributed by atoms with Gasteiger partial charge in [-0.25, -0.2) is 0 Å². The van der Waals surface area contributed by atoms with Crippen LogP contribution in [0.3, 0.4) is 0 Å². The van der Waals surface area contributed by atoms with Gasteiger partial charge >= 0.3 is 0 Å². The highest BCUT2D eigenvalue weighted by atomic mass is 15.1. The van der Waals surface area contributed by atoms with E-state index in [4.69, 9.17) is 0 Å². The highest BCUT2D eigenvalue weighted by Gasteiger charge is 2.00. The van der Waals surface area contributed by atoms with Crippen LogP contribution in [0.5, 0.6) is 0 Å². The van der Waals surface area contributed by atoms with Crippen molar-refractivity contribution in [3.8, 4) is 0 Å². The van der Waals surface area contributed by atoms with Gasteiger partial charge in [0.25, 0.3) is 0 Å². The second kappa shape index (κ2) is 8.26. The maximum absolute atomic E-state index is 3.88. The molecule has 0 spiro atoms. The molecule has 1 rings (SSSR count). The van der Waals surface area contributed by atoms with Gasteiger partial charge in [-0.15, -0.1) is 0 Å². The van der Waals surface area contributed by atoms with E-state index in [9.17, 15) is 0 Å². The zero-order chi connectivity index (χ0) is 15.0. The summed E-state index contributed by atoms with van der Waals surface area (Å²) in [5, 5.41) is 3.50. The standard InChI is InChI=1S/C18H26N2/c1-6-9-18(16(7-2)8-3)19-14-15-10-12-17(13-11-15)20(4)5/h6-7,9-13,19H,2,8,14H2,1,3-5H3/b9-6-,18-16+. The third-order valence-corrected chi connectivity index (χ3v) is 3.24. The molecule has 0 bridgehead atoms. The molecule has 0 aliphatic carbocycles. The van der Waals surface area contributed by atoms with Crippen LogP contribution in [0.1, 0.15) is 25.8 Å². The van der Waals surface area contributed by atoms with Gasteiger partial charge in [0.15, 0.2) is 0 Å². The monoisotopic (exact) mass is 270 g/mol. The zero-order valence-corrected chi connectivity index (χ0v) is 13.1. The molecule has 2 nitrogen and oxygen atoms in total. The second-order valence-electron chi connectivity index (χ2n) is 4.91. The van der Waals surface area contributed by atoms with Gasteiger partial charge in [-0.1, -0.05) is 37.8 Å². The highest BCUT2D eigenvalue weighted by molar-refractivity contribution is 5.46. The Bertz CT molecular complexity index is 479. The van der Waals surface area contributed by atoms with Crippen molar-refractivity contribution in [1.82, 2.24) is 5.32 Å². The van der Waals surface area contributed by atoms with E-state index in [1.54, 1.807) is 0 Å². The highest BCUT2D eigenvalue weighted by Crippen LogP contribution is 2.14. The first-order chi connectivity index (χ1) is 9.62. The molecule has 0 fully saturated rings. The Hall–Kier alpha value is -1.96. The van der Waals surface area contributed by atoms with E-state index in [1.165, 1.54) is 16.8 Å². The molecule has 1 N–H and O–H groups in total. The lowest BCUT2D eigenvalue weighted by Crippen LogP contribution is -2.13. The fourth-order valence-corrected chi connectivity index (χ4v) is 2.00. The number of hydrogen-bond donors (Lipinski definition) is 1. The summed E-state index contributed by atoms with van der Waals surface area (Å²) in [5.41, 5.74) is 4.89. The molecule has 0 aromatic heterocycles. The van der Waals surface area contributed by atoms with Crippen LogP contribution >= 0.6 is 0 Å². The normalized spacial score (nSPS) is 12.2. The number of nitrogens with one attached hydrogen (secondary N) is 1. The van der Waals surface area contributed by atoms with Crippen LogP contribution in [0.25, 0.3) is 0 Å². The average Bonchev–Trinajstić information content (AvgIpc) is 2.46. The number of allylic oxidation sites excluding steroid dienone is 4. The summed E-state index contributed by atoms with van der Waals surface area (Å²) in [6.45, 7) is 8.89. The molecule has 0 saturated heterocycles. The van der Waals surface area contributed by atoms with Gasteiger partial charge in [-0.05, 0) is 42.7 Å². The Morgan fingerprint density at radius 1 is 1.25 bits per heavy atom. The van der Waals surface area contributed by atoms with Crippen molar-refractivity contribution in [1.29, 1.82) is 0 Å². The van der Waals surface area contributed by atoms with Crippen LogP contribution < -0.4 is 10.2 Å². The van der Waals surface area contributed by atoms with E-state index in [0.717, 1.165) is 18.7 Å². The van der Waals surface area contributed by atoms with Gasteiger partial charge < -0.3 is 10.2 Å². The third-order valence-electron chi connectivity index (χ3n) is 3.24. The molecule has 0 amide bonds. The van der Waals surface area contributed by atoms with E-state index in [-0.39, 0.29) is 0 Å². The molecular formula is C18H26N2. The fourth-order valence-electron chi connectivity index (χ4n) is 2.00. The molecular weight excluding hydrogens is 244 g/mol. The number of anilines is 1. The number of benzene rings is 1. The maximum Gasteiger partial charge on any atom is 0.0400 e. The quantitative estimate of drug-likeness (QED) is 0.744. The van der Waals surface area contributed by atoms with Crippen LogP contribution in [-0.2, 0) is 6.54 Å². The maximum atomic E-state index is 3.88. The lowest BCUT2D eigenvalue weighted by atomic mass is 10.1. The molecule has 0 radical (unpaired) electrons. The molecule has 0 aliphatic rings. The van der Waals surface area contributed by atoms with Crippen LogP contribution in [0.4, 0.5) is 5.69 Å². The van der Waals surface area contributed by atoms with Crippen LogP contribution in [0, 0.1) is 0 Å². The fraction of sp³-hybridized carbons (Fsp3) is 0.333. The smallest absolute Gasteiger partial charge is 0.0400 e. The van der Waals surface area contributed by atoms with E-state index in [1.807, 2.05) is 13.0 Å². The van der Waals surface area contributed by atoms with Gasteiger partial charge in [0.2, 0.25) is 0 Å². The predicted octanol–water partition coefficient (Wildman–Crippen LogP) is 4.27. The van der Waals surface area contributed by atoms with Gasteiger partial charge in [-0.2, -0.15) is 0 Å². The van der Waals surface area contributed by atoms with Crippen molar-refractivity contribution >= 4 is 5.69 Å². The average molecular weight is 270 g/mol. The second-order valence-corrected chi connectivity index (χ2v) is 4.91. The zero-order valence-electron chi connectivity index (χ0n) is 13.1. The first-order valence-corrected chi connectivity index (χ1v) is 7.10. The topological polar surface area (TPSA) is 15.3 Å². The molecule has 0 heterocycles. The summed E-state index contributed by atoms with van der Waals surface area (Å²) in [6, 6.07) is 8.61. The van der Waals surface area contributed by atoms with Gasteiger partial charge in [0.1, 0.15) is 0 Å². The Balaban J connectivity index is 2.78. The number of hydrogen-bond acceptors (Lipinski definition) is 2. The van der Waals surface area contributed by atoms with Crippen molar-refractivity contribution in [2.45, 2.75) is 26.8 Å². The minimum Gasteiger partial charge on any atom is -0.381 e. The van der Waals surface area contributed by atoms with Crippen molar-refractivity contribution < 1.29 is 0 Å². The Morgan fingerprint density at radius 3 is 2.35 bits per heavy atom. The molecule has 0 atom stereocenters. The summed E-state index contributed by atoms with van der Waals surface area (Å²) in [4.78, 5) is 2.11. The minimum atomic E-state index is 0.824. The van der Waals surface area contributed by atoms with Crippen LogP contribution in [0.2, 0.25) is 0 Å². The van der Waals surface area contributed by atoms with Crippen molar-refractivity contribution in [3.05, 3.63) is 65.9 Å². The lowest BCUT2D eigenvalue weighted by Gasteiger charge is -2.14. The summed E-state index contributed by atoms with van der Waals surface area (Å²) in [6.07, 6.45) is 7.07. The Morgan fingerprint density at radius 2 is 1.90 bits per heavy atom. The Labute approximate surface area is 123 Å². The predicted molar refractivity (Wildman–Crippen MR) is 89.9 cm³/mol. The van der Waals surface area contributed by atoms with E-state index in [2.05, 4.69) is 74.2 Å². The molecule has 0 unspecified atom stereocenters. The summed E-state index contributed by atoms with van der Waals surface area (Å²) in [7, 11) is 4.11. The van der Waals surface area contributed by atoms with E-state index in [0.29, 0.717) is 0 Å². The summed E-state index contributed by atoms with van der Waals surface area (Å²) < 4.78 is 0. The SMILES string of the molecule is C=C/C(CC)=C(/C=C\C)NCc1ccc(N(C)C)cc1. The van der Waals surface area contributed by atoms with Gasteiger partial charge in [-0.3, -0.25) is 0 Å². The van der Waals surface area contributed by atoms with Gasteiger partial charge in [0, 0.05) is 32.0 Å². The van der Waals surface area contributed by atoms with E-state index >= 15 is 0 Å². The molecule has 0 saturated carbocycles. The van der Waals surface area contributed by atoms with Crippen LogP contribution in [0.15, 0.2) is 60.3 Å². The summed E-state index contributed by atoms with van der Waals surface area (Å²) >= 11 is 0. The molecule has 0 aliphatic heterocycles. The van der Waals surface area contributed by atoms with Crippen LogP contribution in [-0.4, -0.2) is 14.1 Å². The Kier molecular flexibility index (Phi) is 6.65. The lowest BCUT2D eigenvalue weighted by molar-refractivity contribution is 0.817. The largest absolute Gasteiger partial charge is 0.381 e. The molecule has 20 heavy (non-hydrogen) atoms. The first kappa shape index (κ1) is 16.1. The molecule has 108 valence electrons. The molecule has 2 heteroatoms. The van der Waals surface area contributed by atoms with Crippen molar-refractivity contribution in [3.63, 3.8) is 0 Å². The third kappa shape index (κ3) is 4.61. The van der Waals surface area contributed by atoms with Gasteiger partial charge in [0.05, 0.1) is 0 Å². The molecule has 1 aromatic rings. The first-order valence-electron chi connectivity index (χ1n) is 7.10. The number of nitrogens with zero attached hydrogens (tertiary/aromatic N) is 1. The number of rotatable bonds is 7.